The Hall–Kier alpha value is -1.96. The number of carbonyl (C=O) groups is 3. The van der Waals surface area contributed by atoms with Crippen molar-refractivity contribution in [3.63, 3.8) is 0 Å². The Morgan fingerprint density at radius 1 is 1.25 bits per heavy atom. The highest BCUT2D eigenvalue weighted by Crippen LogP contribution is 2.15. The normalized spacial score (nSPS) is 13.2. The highest BCUT2D eigenvalue weighted by Gasteiger charge is 2.27. The Balaban J connectivity index is 2.85. The molecule has 3 N–H and O–H groups in total. The van der Waals surface area contributed by atoms with E-state index in [0.29, 0.717) is 16.6 Å². The van der Waals surface area contributed by atoms with E-state index in [1.54, 1.807) is 18.3 Å². The lowest BCUT2D eigenvalue weighted by Crippen LogP contribution is -2.52. The van der Waals surface area contributed by atoms with E-state index in [1.165, 1.54) is 6.92 Å². The van der Waals surface area contributed by atoms with Gasteiger partial charge in [0.15, 0.2) is 0 Å². The van der Waals surface area contributed by atoms with Gasteiger partial charge in [-0.25, -0.2) is 9.78 Å². The molecule has 1 rings (SSSR count). The summed E-state index contributed by atoms with van der Waals surface area (Å²) < 4.78 is 0.533. The maximum atomic E-state index is 12.4. The van der Waals surface area contributed by atoms with Crippen molar-refractivity contribution in [1.82, 2.24) is 15.6 Å². The molecule has 0 radical (unpaired) electrons. The van der Waals surface area contributed by atoms with Crippen LogP contribution in [0.5, 0.6) is 0 Å². The molecule has 2 atom stereocenters. The first-order valence-corrected chi connectivity index (χ1v) is 8.39. The van der Waals surface area contributed by atoms with E-state index >= 15 is 0 Å². The molecule has 0 aliphatic carbocycles. The first-order chi connectivity index (χ1) is 11.2. The first kappa shape index (κ1) is 20.1. The average Bonchev–Trinajstić information content (AvgIpc) is 2.46. The second-order valence-corrected chi connectivity index (χ2v) is 6.69. The lowest BCUT2D eigenvalue weighted by molar-refractivity contribution is -0.142. The average molecular weight is 400 g/mol. The van der Waals surface area contributed by atoms with Gasteiger partial charge in [0.1, 0.15) is 16.7 Å². The third kappa shape index (κ3) is 6.66. The van der Waals surface area contributed by atoms with Crippen molar-refractivity contribution < 1.29 is 19.5 Å². The Morgan fingerprint density at radius 3 is 2.42 bits per heavy atom. The molecule has 7 nitrogen and oxygen atoms in total. The van der Waals surface area contributed by atoms with E-state index in [0.717, 1.165) is 0 Å². The predicted molar refractivity (Wildman–Crippen MR) is 92.3 cm³/mol. The smallest absolute Gasteiger partial charge is 0.326 e. The molecule has 0 saturated heterocycles. The quantitative estimate of drug-likeness (QED) is 0.574. The molecule has 2 amide bonds. The molecule has 1 heterocycles. The van der Waals surface area contributed by atoms with Crippen molar-refractivity contribution in [3.8, 4) is 0 Å². The summed E-state index contributed by atoms with van der Waals surface area (Å²) in [4.78, 5) is 39.2. The molecular weight excluding hydrogens is 378 g/mol. The Kier molecular flexibility index (Phi) is 7.84. The van der Waals surface area contributed by atoms with Crippen molar-refractivity contribution in [2.75, 3.05) is 0 Å². The number of amides is 2. The number of pyridine rings is 1. The van der Waals surface area contributed by atoms with Gasteiger partial charge in [-0.2, -0.15) is 0 Å². The van der Waals surface area contributed by atoms with Crippen LogP contribution in [-0.4, -0.2) is 40.0 Å². The summed E-state index contributed by atoms with van der Waals surface area (Å²) in [5.41, 5.74) is 0.671. The van der Waals surface area contributed by atoms with Gasteiger partial charge in [-0.3, -0.25) is 9.59 Å². The zero-order chi connectivity index (χ0) is 18.3. The Morgan fingerprint density at radius 2 is 1.92 bits per heavy atom. The van der Waals surface area contributed by atoms with E-state index in [2.05, 4.69) is 31.5 Å². The maximum Gasteiger partial charge on any atom is 0.326 e. The van der Waals surface area contributed by atoms with Crippen molar-refractivity contribution >= 4 is 33.7 Å². The molecule has 8 heteroatoms. The predicted octanol–water partition coefficient (Wildman–Crippen LogP) is 1.51. The van der Waals surface area contributed by atoms with Crippen LogP contribution in [0.1, 0.15) is 32.8 Å². The van der Waals surface area contributed by atoms with Crippen LogP contribution in [0.3, 0.4) is 0 Å². The number of rotatable bonds is 8. The molecule has 24 heavy (non-hydrogen) atoms. The van der Waals surface area contributed by atoms with E-state index in [-0.39, 0.29) is 18.2 Å². The minimum absolute atomic E-state index is 0.0873. The van der Waals surface area contributed by atoms with Crippen LogP contribution in [0.2, 0.25) is 0 Å². The molecule has 0 fully saturated rings. The van der Waals surface area contributed by atoms with Crippen LogP contribution in [0.4, 0.5) is 0 Å². The number of nitrogens with one attached hydrogen (secondary N) is 2. The van der Waals surface area contributed by atoms with Crippen LogP contribution >= 0.6 is 15.9 Å². The molecule has 0 aliphatic rings. The van der Waals surface area contributed by atoms with Gasteiger partial charge in [-0.05, 0) is 39.9 Å². The Bertz CT molecular complexity index is 607. The van der Waals surface area contributed by atoms with E-state index < -0.39 is 24.0 Å². The molecule has 1 aromatic heterocycles. The minimum Gasteiger partial charge on any atom is -0.480 e. The van der Waals surface area contributed by atoms with Crippen LogP contribution < -0.4 is 10.6 Å². The molecular formula is C16H22BrN3O4. The van der Waals surface area contributed by atoms with Crippen molar-refractivity contribution in [2.45, 2.75) is 45.7 Å². The topological polar surface area (TPSA) is 108 Å². The fourth-order valence-corrected chi connectivity index (χ4v) is 2.62. The lowest BCUT2D eigenvalue weighted by Gasteiger charge is -2.22. The van der Waals surface area contributed by atoms with Gasteiger partial charge in [0, 0.05) is 19.5 Å². The summed E-state index contributed by atoms with van der Waals surface area (Å²) >= 11 is 3.26. The number of nitrogens with zero attached hydrogens (tertiary/aromatic N) is 1. The zero-order valence-electron chi connectivity index (χ0n) is 13.9. The summed E-state index contributed by atoms with van der Waals surface area (Å²) in [6, 6.07) is 1.56. The maximum absolute atomic E-state index is 12.4. The lowest BCUT2D eigenvalue weighted by atomic mass is 10.0. The summed E-state index contributed by atoms with van der Waals surface area (Å²) in [5, 5.41) is 14.4. The monoisotopic (exact) mass is 399 g/mol. The fourth-order valence-electron chi connectivity index (χ4n) is 2.21. The van der Waals surface area contributed by atoms with E-state index in [9.17, 15) is 19.5 Å². The van der Waals surface area contributed by atoms with Gasteiger partial charge in [0.25, 0.3) is 0 Å². The number of carboxylic acids is 1. The van der Waals surface area contributed by atoms with Gasteiger partial charge in [-0.1, -0.05) is 19.9 Å². The van der Waals surface area contributed by atoms with Gasteiger partial charge in [0.05, 0.1) is 0 Å². The fraction of sp³-hybridized carbons (Fsp3) is 0.500. The molecule has 0 saturated carbocycles. The van der Waals surface area contributed by atoms with Gasteiger partial charge < -0.3 is 15.7 Å². The highest BCUT2D eigenvalue weighted by molar-refractivity contribution is 9.10. The molecule has 1 aromatic rings. The number of halogens is 1. The second-order valence-electron chi connectivity index (χ2n) is 5.94. The highest BCUT2D eigenvalue weighted by atomic mass is 79.9. The Labute approximate surface area is 149 Å². The van der Waals surface area contributed by atoms with Crippen molar-refractivity contribution in [1.29, 1.82) is 0 Å². The van der Waals surface area contributed by atoms with Gasteiger partial charge in [-0.15, -0.1) is 0 Å². The summed E-state index contributed by atoms with van der Waals surface area (Å²) in [7, 11) is 0. The number of hydrogen-bond acceptors (Lipinski definition) is 4. The third-order valence-electron chi connectivity index (χ3n) is 3.28. The SMILES string of the molecule is CC(=O)N[C@@H](CC(C)C)C(=O)N[C@H](Cc1cccnc1Br)C(=O)O. The number of hydrogen-bond donors (Lipinski definition) is 3. The first-order valence-electron chi connectivity index (χ1n) is 7.60. The van der Waals surface area contributed by atoms with E-state index in [4.69, 9.17) is 0 Å². The van der Waals surface area contributed by atoms with Crippen molar-refractivity contribution in [3.05, 3.63) is 28.5 Å². The number of aromatic nitrogens is 1. The van der Waals surface area contributed by atoms with Crippen LogP contribution in [0.25, 0.3) is 0 Å². The van der Waals surface area contributed by atoms with Gasteiger partial charge >= 0.3 is 5.97 Å². The summed E-state index contributed by atoms with van der Waals surface area (Å²) in [5.74, 6) is -1.82. The van der Waals surface area contributed by atoms with Gasteiger partial charge in [0.2, 0.25) is 11.8 Å². The third-order valence-corrected chi connectivity index (χ3v) is 3.99. The zero-order valence-corrected chi connectivity index (χ0v) is 15.5. The number of carboxylic acid groups (broad SMARTS) is 1. The largest absolute Gasteiger partial charge is 0.480 e. The minimum atomic E-state index is -1.15. The standard InChI is InChI=1S/C16H22BrN3O4/c1-9(2)7-12(19-10(3)21)15(22)20-13(16(23)24)8-11-5-4-6-18-14(11)17/h4-6,9,12-13H,7-8H2,1-3H3,(H,19,21)(H,20,22)(H,23,24)/t12-,13+/m0/s1. The molecule has 0 spiro atoms. The van der Waals surface area contributed by atoms with E-state index in [1.807, 2.05) is 13.8 Å². The summed E-state index contributed by atoms with van der Waals surface area (Å²) in [6.07, 6.45) is 2.09. The molecule has 0 bridgehead atoms. The summed E-state index contributed by atoms with van der Waals surface area (Å²) in [6.45, 7) is 5.16. The molecule has 0 aromatic carbocycles. The molecule has 0 unspecified atom stereocenters. The molecule has 132 valence electrons. The number of aliphatic carboxylic acids is 1. The van der Waals surface area contributed by atoms with Crippen LogP contribution in [0, 0.1) is 5.92 Å². The van der Waals surface area contributed by atoms with Crippen LogP contribution in [0.15, 0.2) is 22.9 Å². The van der Waals surface area contributed by atoms with Crippen LogP contribution in [-0.2, 0) is 20.8 Å². The molecule has 0 aliphatic heterocycles. The number of carbonyl (C=O) groups excluding carboxylic acids is 2. The van der Waals surface area contributed by atoms with Crippen molar-refractivity contribution in [2.24, 2.45) is 5.92 Å². The second kappa shape index (κ2) is 9.36.